The van der Waals surface area contributed by atoms with E-state index in [4.69, 9.17) is 4.74 Å². The zero-order valence-corrected chi connectivity index (χ0v) is 11.0. The average Bonchev–Trinajstić information content (AvgIpc) is 2.46. The third-order valence-electron chi connectivity index (χ3n) is 2.63. The van der Waals surface area contributed by atoms with E-state index in [-0.39, 0.29) is 6.03 Å². The number of nitrogens with one attached hydrogen (secondary N) is 1. The summed E-state index contributed by atoms with van der Waals surface area (Å²) in [7, 11) is 1.55. The monoisotopic (exact) mass is 273 g/mol. The first-order valence-corrected chi connectivity index (χ1v) is 6.44. The fraction of sp³-hybridized carbons (Fsp3) is 0.0769. The maximum absolute atomic E-state index is 12.1. The van der Waals surface area contributed by atoms with Gasteiger partial charge in [0.1, 0.15) is 0 Å². The lowest BCUT2D eigenvalue weighted by Gasteiger charge is -2.26. The number of anilines is 2. The minimum absolute atomic E-state index is 0.218. The van der Waals surface area contributed by atoms with E-state index >= 15 is 0 Å². The van der Waals surface area contributed by atoms with Gasteiger partial charge in [-0.2, -0.15) is 4.98 Å². The van der Waals surface area contributed by atoms with Crippen LogP contribution in [0.2, 0.25) is 0 Å². The van der Waals surface area contributed by atoms with Crippen LogP contribution in [0.4, 0.5) is 16.3 Å². The molecule has 1 aromatic heterocycles. The van der Waals surface area contributed by atoms with Crippen molar-refractivity contribution >= 4 is 29.5 Å². The molecule has 0 spiro atoms. The highest BCUT2D eigenvalue weighted by molar-refractivity contribution is 8.01. The highest BCUT2D eigenvalue weighted by Gasteiger charge is 2.25. The van der Waals surface area contributed by atoms with Crippen molar-refractivity contribution in [3.8, 4) is 5.88 Å². The van der Waals surface area contributed by atoms with Crippen LogP contribution < -0.4 is 14.4 Å². The van der Waals surface area contributed by atoms with Crippen LogP contribution >= 0.6 is 11.9 Å². The summed E-state index contributed by atoms with van der Waals surface area (Å²) in [4.78, 5) is 17.3. The average molecular weight is 273 g/mol. The molecule has 0 atom stereocenters. The predicted octanol–water partition coefficient (Wildman–Crippen LogP) is 3.15. The van der Waals surface area contributed by atoms with E-state index < -0.39 is 0 Å². The molecule has 1 N–H and O–H groups in total. The van der Waals surface area contributed by atoms with E-state index in [0.717, 1.165) is 10.6 Å². The Morgan fingerprint density at radius 3 is 2.89 bits per heavy atom. The van der Waals surface area contributed by atoms with Crippen LogP contribution in [0.1, 0.15) is 0 Å². The number of urea groups is 1. The summed E-state index contributed by atoms with van der Waals surface area (Å²) in [5, 5.41) is 2.83. The van der Waals surface area contributed by atoms with Gasteiger partial charge in [-0.3, -0.25) is 0 Å². The van der Waals surface area contributed by atoms with E-state index in [9.17, 15) is 4.79 Å². The zero-order chi connectivity index (χ0) is 13.2. The summed E-state index contributed by atoms with van der Waals surface area (Å²) in [6, 6.07) is 12.7. The van der Waals surface area contributed by atoms with Crippen LogP contribution in [0.25, 0.3) is 0 Å². The summed E-state index contributed by atoms with van der Waals surface area (Å²) < 4.78 is 6.58. The SMILES string of the molecule is COc1cccc(N2Sc3ccccc3NC2=O)n1. The Bertz CT molecular complexity index is 633. The molecule has 1 aromatic carbocycles. The summed E-state index contributed by atoms with van der Waals surface area (Å²) in [5.41, 5.74) is 0.816. The Morgan fingerprint density at radius 2 is 2.05 bits per heavy atom. The lowest BCUT2D eigenvalue weighted by atomic mass is 10.3. The van der Waals surface area contributed by atoms with Gasteiger partial charge in [-0.1, -0.05) is 18.2 Å². The zero-order valence-electron chi connectivity index (χ0n) is 10.2. The number of nitrogens with zero attached hydrogens (tertiary/aromatic N) is 2. The first-order valence-electron chi connectivity index (χ1n) is 5.67. The molecule has 96 valence electrons. The molecule has 1 aliphatic heterocycles. The highest BCUT2D eigenvalue weighted by Crippen LogP contribution is 2.37. The van der Waals surface area contributed by atoms with E-state index in [0.29, 0.717) is 11.7 Å². The minimum atomic E-state index is -0.218. The van der Waals surface area contributed by atoms with Gasteiger partial charge in [-0.15, -0.1) is 0 Å². The van der Waals surface area contributed by atoms with Gasteiger partial charge in [-0.25, -0.2) is 9.10 Å². The van der Waals surface area contributed by atoms with Gasteiger partial charge in [-0.05, 0) is 18.2 Å². The third kappa shape index (κ3) is 2.22. The molecule has 0 radical (unpaired) electrons. The molecule has 2 heterocycles. The van der Waals surface area contributed by atoms with Crippen molar-refractivity contribution in [1.82, 2.24) is 4.98 Å². The van der Waals surface area contributed by atoms with Gasteiger partial charge in [0, 0.05) is 18.0 Å². The van der Waals surface area contributed by atoms with E-state index in [1.54, 1.807) is 25.3 Å². The van der Waals surface area contributed by atoms with Crippen LogP contribution in [0.3, 0.4) is 0 Å². The molecule has 2 amide bonds. The summed E-state index contributed by atoms with van der Waals surface area (Å²) >= 11 is 1.34. The van der Waals surface area contributed by atoms with E-state index in [1.165, 1.54) is 16.3 Å². The van der Waals surface area contributed by atoms with Gasteiger partial charge in [0.15, 0.2) is 5.82 Å². The molecule has 6 heteroatoms. The minimum Gasteiger partial charge on any atom is -0.481 e. The number of rotatable bonds is 2. The maximum Gasteiger partial charge on any atom is 0.338 e. The number of hydrogen-bond acceptors (Lipinski definition) is 4. The molecule has 0 unspecified atom stereocenters. The first kappa shape index (κ1) is 11.9. The van der Waals surface area contributed by atoms with Crippen molar-refractivity contribution in [3.63, 3.8) is 0 Å². The second kappa shape index (κ2) is 4.81. The van der Waals surface area contributed by atoms with Gasteiger partial charge >= 0.3 is 6.03 Å². The Balaban J connectivity index is 1.96. The van der Waals surface area contributed by atoms with Crippen LogP contribution in [-0.2, 0) is 0 Å². The lowest BCUT2D eigenvalue weighted by Crippen LogP contribution is -2.33. The van der Waals surface area contributed by atoms with Crippen LogP contribution in [0, 0.1) is 0 Å². The summed E-state index contributed by atoms with van der Waals surface area (Å²) in [6.07, 6.45) is 0. The number of aromatic nitrogens is 1. The van der Waals surface area contributed by atoms with Gasteiger partial charge in [0.05, 0.1) is 17.7 Å². The number of amides is 2. The second-order valence-corrected chi connectivity index (χ2v) is 4.84. The molecule has 2 aromatic rings. The Hall–Kier alpha value is -2.21. The van der Waals surface area contributed by atoms with E-state index in [1.807, 2.05) is 24.3 Å². The summed E-state index contributed by atoms with van der Waals surface area (Å²) in [5.74, 6) is 1.01. The van der Waals surface area contributed by atoms with Gasteiger partial charge < -0.3 is 10.1 Å². The van der Waals surface area contributed by atoms with Crippen LogP contribution in [-0.4, -0.2) is 18.1 Å². The number of pyridine rings is 1. The molecule has 0 bridgehead atoms. The van der Waals surface area contributed by atoms with Crippen molar-refractivity contribution in [1.29, 1.82) is 0 Å². The van der Waals surface area contributed by atoms with Crippen molar-refractivity contribution in [2.45, 2.75) is 4.90 Å². The topological polar surface area (TPSA) is 54.5 Å². The Morgan fingerprint density at radius 1 is 1.21 bits per heavy atom. The molecule has 19 heavy (non-hydrogen) atoms. The standard InChI is InChI=1S/C13H11N3O2S/c1-18-12-8-4-7-11(15-12)16-13(17)14-9-5-2-3-6-10(9)19-16/h2-8H,1H3,(H,14,17). The molecular weight excluding hydrogens is 262 g/mol. The molecule has 0 saturated carbocycles. The number of methoxy groups -OCH3 is 1. The first-order chi connectivity index (χ1) is 9.28. The maximum atomic E-state index is 12.1. The van der Waals surface area contributed by atoms with Crippen molar-refractivity contribution in [2.24, 2.45) is 0 Å². The molecule has 0 aliphatic carbocycles. The smallest absolute Gasteiger partial charge is 0.338 e. The third-order valence-corrected chi connectivity index (χ3v) is 3.72. The molecular formula is C13H11N3O2S. The fourth-order valence-electron chi connectivity index (χ4n) is 1.74. The quantitative estimate of drug-likeness (QED) is 0.854. The number of benzene rings is 1. The Labute approximate surface area is 114 Å². The normalized spacial score (nSPS) is 13.7. The number of para-hydroxylation sites is 1. The number of carbonyl (C=O) groups excluding carboxylic acids is 1. The lowest BCUT2D eigenvalue weighted by molar-refractivity contribution is 0.259. The fourth-order valence-corrected chi connectivity index (χ4v) is 2.61. The Kier molecular flexibility index (Phi) is 3.00. The number of ether oxygens (including phenoxy) is 1. The van der Waals surface area contributed by atoms with Crippen molar-refractivity contribution in [3.05, 3.63) is 42.5 Å². The molecule has 0 saturated heterocycles. The largest absolute Gasteiger partial charge is 0.481 e. The molecule has 1 aliphatic rings. The number of hydrogen-bond donors (Lipinski definition) is 1. The van der Waals surface area contributed by atoms with Crippen LogP contribution in [0.15, 0.2) is 47.4 Å². The van der Waals surface area contributed by atoms with E-state index in [2.05, 4.69) is 10.3 Å². The summed E-state index contributed by atoms with van der Waals surface area (Å²) in [6.45, 7) is 0. The highest BCUT2D eigenvalue weighted by atomic mass is 32.2. The van der Waals surface area contributed by atoms with Gasteiger partial charge in [0.2, 0.25) is 5.88 Å². The predicted molar refractivity (Wildman–Crippen MR) is 74.6 cm³/mol. The molecule has 0 fully saturated rings. The number of fused-ring (bicyclic) bond motifs is 1. The number of carbonyl (C=O) groups is 1. The van der Waals surface area contributed by atoms with Crippen LogP contribution in [0.5, 0.6) is 5.88 Å². The second-order valence-electron chi connectivity index (χ2n) is 3.85. The van der Waals surface area contributed by atoms with Crippen molar-refractivity contribution < 1.29 is 9.53 Å². The molecule has 3 rings (SSSR count). The van der Waals surface area contributed by atoms with Gasteiger partial charge in [0.25, 0.3) is 0 Å². The van der Waals surface area contributed by atoms with Crippen molar-refractivity contribution in [2.75, 3.05) is 16.7 Å². The molecule has 5 nitrogen and oxygen atoms in total.